The van der Waals surface area contributed by atoms with Crippen LogP contribution in [0.25, 0.3) is 0 Å². The summed E-state index contributed by atoms with van der Waals surface area (Å²) in [6, 6.07) is 1.66. The van der Waals surface area contributed by atoms with Crippen molar-refractivity contribution < 1.29 is 14.7 Å². The van der Waals surface area contributed by atoms with Gasteiger partial charge >= 0.3 is 12.0 Å². The topological polar surface area (TPSA) is 69.6 Å². The third-order valence-corrected chi connectivity index (χ3v) is 5.86. The molecule has 0 radical (unpaired) electrons. The molecule has 0 bridgehead atoms. The van der Waals surface area contributed by atoms with E-state index in [0.717, 1.165) is 19.3 Å². The van der Waals surface area contributed by atoms with Crippen molar-refractivity contribution in [2.75, 3.05) is 6.54 Å². The Balaban J connectivity index is 1.66. The fourth-order valence-corrected chi connectivity index (χ4v) is 4.21. The molecule has 3 rings (SSSR count). The summed E-state index contributed by atoms with van der Waals surface area (Å²) >= 11 is 1.74. The molecule has 2 unspecified atom stereocenters. The van der Waals surface area contributed by atoms with Gasteiger partial charge in [-0.1, -0.05) is 6.42 Å². The van der Waals surface area contributed by atoms with Crippen molar-refractivity contribution in [1.29, 1.82) is 0 Å². The van der Waals surface area contributed by atoms with Gasteiger partial charge in [0.25, 0.3) is 0 Å². The summed E-state index contributed by atoms with van der Waals surface area (Å²) in [5.74, 6) is -0.816. The van der Waals surface area contributed by atoms with Crippen LogP contribution in [0.1, 0.15) is 36.6 Å². The van der Waals surface area contributed by atoms with Crippen LogP contribution in [-0.4, -0.2) is 34.6 Å². The maximum Gasteiger partial charge on any atom is 0.317 e. The number of aliphatic carboxylic acids is 1. The second kappa shape index (κ2) is 5.33. The van der Waals surface area contributed by atoms with Gasteiger partial charge in [-0.25, -0.2) is 4.79 Å². The molecule has 2 atom stereocenters. The molecule has 6 heteroatoms. The standard InChI is InChI=1S/C15H20N2O3S/c1-15(13(18)19)6-2-3-12(15)16-14(20)17-7-4-11-10(9-17)5-8-21-11/h5,8,12H,2-4,6-7,9H2,1H3,(H,16,20)(H,18,19). The number of amides is 2. The van der Waals surface area contributed by atoms with Crippen molar-refractivity contribution >= 4 is 23.3 Å². The fraction of sp³-hybridized carbons (Fsp3) is 0.600. The van der Waals surface area contributed by atoms with Gasteiger partial charge in [0.1, 0.15) is 0 Å². The Kier molecular flexibility index (Phi) is 3.65. The Morgan fingerprint density at radius 2 is 2.33 bits per heavy atom. The van der Waals surface area contributed by atoms with Gasteiger partial charge in [0, 0.05) is 24.0 Å². The highest BCUT2D eigenvalue weighted by atomic mass is 32.1. The molecular weight excluding hydrogens is 288 g/mol. The molecular formula is C15H20N2O3S. The summed E-state index contributed by atoms with van der Waals surface area (Å²) in [4.78, 5) is 27.0. The van der Waals surface area contributed by atoms with Gasteiger partial charge in [-0.15, -0.1) is 11.3 Å². The van der Waals surface area contributed by atoms with Gasteiger partial charge in [0.05, 0.1) is 5.41 Å². The summed E-state index contributed by atoms with van der Waals surface area (Å²) in [5.41, 5.74) is 0.382. The number of urea groups is 1. The second-order valence-corrected chi connectivity index (χ2v) is 7.16. The maximum absolute atomic E-state index is 12.4. The van der Waals surface area contributed by atoms with Crippen molar-refractivity contribution in [3.63, 3.8) is 0 Å². The first kappa shape index (κ1) is 14.4. The van der Waals surface area contributed by atoms with Gasteiger partial charge in [-0.2, -0.15) is 0 Å². The summed E-state index contributed by atoms with van der Waals surface area (Å²) in [5, 5.41) is 14.4. The molecule has 0 saturated heterocycles. The van der Waals surface area contributed by atoms with Gasteiger partial charge in [0.15, 0.2) is 0 Å². The van der Waals surface area contributed by atoms with Crippen LogP contribution in [0, 0.1) is 5.41 Å². The van der Waals surface area contributed by atoms with E-state index in [4.69, 9.17) is 0 Å². The number of rotatable bonds is 2. The van der Waals surface area contributed by atoms with Gasteiger partial charge < -0.3 is 15.3 Å². The van der Waals surface area contributed by atoms with E-state index in [1.807, 2.05) is 0 Å². The molecule has 1 fully saturated rings. The smallest absolute Gasteiger partial charge is 0.317 e. The first-order valence-corrected chi connectivity index (χ1v) is 8.23. The molecule has 21 heavy (non-hydrogen) atoms. The second-order valence-electron chi connectivity index (χ2n) is 6.16. The predicted octanol–water partition coefficient (Wildman–Crippen LogP) is 2.46. The highest BCUT2D eigenvalue weighted by molar-refractivity contribution is 7.10. The molecule has 1 aromatic heterocycles. The minimum absolute atomic E-state index is 0.133. The lowest BCUT2D eigenvalue weighted by atomic mass is 9.85. The van der Waals surface area contributed by atoms with E-state index in [-0.39, 0.29) is 12.1 Å². The van der Waals surface area contributed by atoms with Crippen LogP contribution in [0.15, 0.2) is 11.4 Å². The minimum Gasteiger partial charge on any atom is -0.481 e. The normalized spacial score (nSPS) is 28.2. The van der Waals surface area contributed by atoms with Crippen LogP contribution in [0.3, 0.4) is 0 Å². The number of hydrogen-bond acceptors (Lipinski definition) is 3. The van der Waals surface area contributed by atoms with E-state index in [1.165, 1.54) is 10.4 Å². The molecule has 0 aromatic carbocycles. The summed E-state index contributed by atoms with van der Waals surface area (Å²) < 4.78 is 0. The first-order chi connectivity index (χ1) is 10.0. The number of fused-ring (bicyclic) bond motifs is 1. The molecule has 2 aliphatic rings. The Bertz CT molecular complexity index is 571. The van der Waals surface area contributed by atoms with E-state index < -0.39 is 11.4 Å². The summed E-state index contributed by atoms with van der Waals surface area (Å²) in [7, 11) is 0. The average molecular weight is 308 g/mol. The number of carbonyl (C=O) groups is 2. The highest BCUT2D eigenvalue weighted by Crippen LogP contribution is 2.38. The van der Waals surface area contributed by atoms with E-state index in [9.17, 15) is 14.7 Å². The summed E-state index contributed by atoms with van der Waals surface area (Å²) in [6.45, 7) is 3.07. The van der Waals surface area contributed by atoms with Crippen molar-refractivity contribution in [2.45, 2.75) is 45.2 Å². The Morgan fingerprint density at radius 1 is 1.52 bits per heavy atom. The Hall–Kier alpha value is -1.56. The lowest BCUT2D eigenvalue weighted by Gasteiger charge is -2.32. The molecule has 2 heterocycles. The number of hydrogen-bond donors (Lipinski definition) is 2. The third kappa shape index (κ3) is 2.52. The number of nitrogens with one attached hydrogen (secondary N) is 1. The predicted molar refractivity (Wildman–Crippen MR) is 80.3 cm³/mol. The van der Waals surface area contributed by atoms with E-state index in [2.05, 4.69) is 16.8 Å². The molecule has 114 valence electrons. The van der Waals surface area contributed by atoms with Gasteiger partial charge in [-0.3, -0.25) is 4.79 Å². The van der Waals surface area contributed by atoms with E-state index in [1.54, 1.807) is 23.2 Å². The lowest BCUT2D eigenvalue weighted by molar-refractivity contribution is -0.148. The molecule has 1 aliphatic heterocycles. The minimum atomic E-state index is -0.834. The third-order valence-electron chi connectivity index (χ3n) is 4.84. The first-order valence-electron chi connectivity index (χ1n) is 7.35. The largest absolute Gasteiger partial charge is 0.481 e. The zero-order chi connectivity index (χ0) is 15.0. The zero-order valence-corrected chi connectivity index (χ0v) is 12.9. The zero-order valence-electron chi connectivity index (χ0n) is 12.1. The number of nitrogens with zero attached hydrogens (tertiary/aromatic N) is 1. The molecule has 1 aliphatic carbocycles. The van der Waals surface area contributed by atoms with Crippen LogP contribution >= 0.6 is 11.3 Å². The monoisotopic (exact) mass is 308 g/mol. The molecule has 0 spiro atoms. The van der Waals surface area contributed by atoms with Gasteiger partial charge in [0.2, 0.25) is 0 Å². The van der Waals surface area contributed by atoms with Crippen LogP contribution < -0.4 is 5.32 Å². The fourth-order valence-electron chi connectivity index (χ4n) is 3.32. The van der Waals surface area contributed by atoms with Crippen molar-refractivity contribution in [3.05, 3.63) is 21.9 Å². The number of carboxylic acid groups (broad SMARTS) is 1. The molecule has 2 N–H and O–H groups in total. The van der Waals surface area contributed by atoms with Crippen LogP contribution in [0.5, 0.6) is 0 Å². The Labute approximate surface area is 128 Å². The number of thiophene rings is 1. The quantitative estimate of drug-likeness (QED) is 0.881. The molecule has 1 saturated carbocycles. The average Bonchev–Trinajstić information content (AvgIpc) is 3.06. The molecule has 2 amide bonds. The summed E-state index contributed by atoms with van der Waals surface area (Å²) in [6.07, 6.45) is 3.11. The van der Waals surface area contributed by atoms with Crippen LogP contribution in [0.2, 0.25) is 0 Å². The molecule has 1 aromatic rings. The van der Waals surface area contributed by atoms with E-state index >= 15 is 0 Å². The van der Waals surface area contributed by atoms with Crippen molar-refractivity contribution in [3.8, 4) is 0 Å². The van der Waals surface area contributed by atoms with Crippen LogP contribution in [-0.2, 0) is 17.8 Å². The van der Waals surface area contributed by atoms with E-state index in [0.29, 0.717) is 19.5 Å². The van der Waals surface area contributed by atoms with Crippen LogP contribution in [0.4, 0.5) is 4.79 Å². The SMILES string of the molecule is CC1(C(=O)O)CCCC1NC(=O)N1CCc2sccc2C1. The maximum atomic E-state index is 12.4. The van der Waals surface area contributed by atoms with Gasteiger partial charge in [-0.05, 0) is 43.2 Å². The lowest BCUT2D eigenvalue weighted by Crippen LogP contribution is -2.52. The number of carboxylic acids is 1. The molecule has 5 nitrogen and oxygen atoms in total. The van der Waals surface area contributed by atoms with Crippen molar-refractivity contribution in [2.24, 2.45) is 5.41 Å². The number of carbonyl (C=O) groups excluding carboxylic acids is 1. The van der Waals surface area contributed by atoms with Crippen molar-refractivity contribution in [1.82, 2.24) is 10.2 Å². The Morgan fingerprint density at radius 3 is 3.10 bits per heavy atom. The highest BCUT2D eigenvalue weighted by Gasteiger charge is 2.46.